The summed E-state index contributed by atoms with van der Waals surface area (Å²) in [4.78, 5) is 26.0. The van der Waals surface area contributed by atoms with Gasteiger partial charge in [-0.05, 0) is 36.2 Å². The van der Waals surface area contributed by atoms with Crippen molar-refractivity contribution < 1.29 is 4.79 Å². The first-order valence-corrected chi connectivity index (χ1v) is 7.41. The van der Waals surface area contributed by atoms with Gasteiger partial charge in [-0.15, -0.1) is 0 Å². The number of carbonyl (C=O) groups excluding carboxylic acids is 1. The van der Waals surface area contributed by atoms with Gasteiger partial charge in [-0.3, -0.25) is 9.59 Å². The maximum Gasteiger partial charge on any atom is 0.305 e. The highest BCUT2D eigenvalue weighted by Crippen LogP contribution is 2.19. The molecule has 21 heavy (non-hydrogen) atoms. The number of thiazole rings is 1. The Balaban J connectivity index is 1.77. The second-order valence-corrected chi connectivity index (χ2v) is 5.89. The van der Waals surface area contributed by atoms with E-state index in [0.29, 0.717) is 12.1 Å². The fraction of sp³-hybridized carbons (Fsp3) is 0.125. The predicted octanol–water partition coefficient (Wildman–Crippen LogP) is 3.08. The lowest BCUT2D eigenvalue weighted by atomic mass is 10.1. The van der Waals surface area contributed by atoms with Crippen molar-refractivity contribution in [3.8, 4) is 0 Å². The van der Waals surface area contributed by atoms with E-state index in [2.05, 4.69) is 10.3 Å². The third-order valence-electron chi connectivity index (χ3n) is 3.32. The van der Waals surface area contributed by atoms with Crippen molar-refractivity contribution >= 4 is 33.1 Å². The van der Waals surface area contributed by atoms with Crippen LogP contribution < -0.4 is 10.2 Å². The van der Waals surface area contributed by atoms with Crippen LogP contribution in [0.4, 0.5) is 5.69 Å². The number of amides is 1. The number of aromatic amines is 1. The van der Waals surface area contributed by atoms with E-state index >= 15 is 0 Å². The molecule has 5 heteroatoms. The molecule has 3 aromatic rings. The molecule has 1 amide bonds. The first-order chi connectivity index (χ1) is 10.1. The van der Waals surface area contributed by atoms with Crippen LogP contribution in [-0.2, 0) is 11.2 Å². The Kier molecular flexibility index (Phi) is 3.58. The van der Waals surface area contributed by atoms with Crippen LogP contribution in [0.5, 0.6) is 0 Å². The quantitative estimate of drug-likeness (QED) is 0.780. The Labute approximate surface area is 125 Å². The molecule has 0 spiro atoms. The van der Waals surface area contributed by atoms with Crippen LogP contribution in [0, 0.1) is 6.92 Å². The molecule has 2 aromatic carbocycles. The van der Waals surface area contributed by atoms with Crippen LogP contribution in [-0.4, -0.2) is 10.9 Å². The molecule has 4 nitrogen and oxygen atoms in total. The molecule has 0 radical (unpaired) electrons. The summed E-state index contributed by atoms with van der Waals surface area (Å²) >= 11 is 1.14. The van der Waals surface area contributed by atoms with Gasteiger partial charge in [0.2, 0.25) is 5.91 Å². The topological polar surface area (TPSA) is 62.0 Å². The molecule has 0 aliphatic rings. The summed E-state index contributed by atoms with van der Waals surface area (Å²) in [5, 5.41) is 2.87. The van der Waals surface area contributed by atoms with Gasteiger partial charge in [0.05, 0.1) is 16.6 Å². The van der Waals surface area contributed by atoms with Gasteiger partial charge in [0, 0.05) is 5.69 Å². The van der Waals surface area contributed by atoms with Gasteiger partial charge >= 0.3 is 4.87 Å². The van der Waals surface area contributed by atoms with E-state index in [4.69, 9.17) is 0 Å². The maximum atomic E-state index is 12.1. The van der Waals surface area contributed by atoms with E-state index in [1.54, 1.807) is 12.1 Å². The zero-order valence-corrected chi connectivity index (χ0v) is 12.3. The summed E-state index contributed by atoms with van der Waals surface area (Å²) < 4.78 is 0.841. The van der Waals surface area contributed by atoms with Crippen LogP contribution in [0.15, 0.2) is 47.3 Å². The second-order valence-electron chi connectivity index (χ2n) is 4.88. The molecule has 0 aliphatic carbocycles. The minimum Gasteiger partial charge on any atom is -0.326 e. The third-order valence-corrected chi connectivity index (χ3v) is 4.16. The highest BCUT2D eigenvalue weighted by atomic mass is 32.1. The van der Waals surface area contributed by atoms with Crippen molar-refractivity contribution in [2.24, 2.45) is 0 Å². The van der Waals surface area contributed by atoms with Gasteiger partial charge in [0.15, 0.2) is 0 Å². The number of carbonyl (C=O) groups is 1. The molecule has 0 unspecified atom stereocenters. The van der Waals surface area contributed by atoms with Crippen molar-refractivity contribution in [1.29, 1.82) is 0 Å². The third kappa shape index (κ3) is 3.03. The van der Waals surface area contributed by atoms with Gasteiger partial charge in [-0.2, -0.15) is 0 Å². The number of hydrogen-bond acceptors (Lipinski definition) is 3. The number of benzene rings is 2. The summed E-state index contributed by atoms with van der Waals surface area (Å²) in [6.07, 6.45) is 0.341. The van der Waals surface area contributed by atoms with Crippen LogP contribution in [0.1, 0.15) is 11.1 Å². The minimum absolute atomic E-state index is 0.0634. The largest absolute Gasteiger partial charge is 0.326 e. The SMILES string of the molecule is Cc1ccccc1CC(=O)Nc1ccc2[nH]c(=O)sc2c1. The Morgan fingerprint density at radius 3 is 2.86 bits per heavy atom. The van der Waals surface area contributed by atoms with Gasteiger partial charge in [-0.1, -0.05) is 35.6 Å². The molecule has 1 aromatic heterocycles. The average molecular weight is 298 g/mol. The lowest BCUT2D eigenvalue weighted by Gasteiger charge is -2.07. The number of hydrogen-bond donors (Lipinski definition) is 2. The fourth-order valence-electron chi connectivity index (χ4n) is 2.21. The Hall–Kier alpha value is -2.40. The number of aromatic nitrogens is 1. The van der Waals surface area contributed by atoms with Crippen molar-refractivity contribution in [1.82, 2.24) is 4.98 Å². The fourth-order valence-corrected chi connectivity index (χ4v) is 2.99. The first-order valence-electron chi connectivity index (χ1n) is 6.59. The summed E-state index contributed by atoms with van der Waals surface area (Å²) in [5.41, 5.74) is 3.62. The molecular weight excluding hydrogens is 284 g/mol. The van der Waals surface area contributed by atoms with Crippen LogP contribution in [0.2, 0.25) is 0 Å². The molecule has 106 valence electrons. The van der Waals surface area contributed by atoms with Gasteiger partial charge < -0.3 is 10.3 Å². The molecule has 0 fully saturated rings. The Bertz CT molecular complexity index is 864. The minimum atomic E-state index is -0.0895. The van der Waals surface area contributed by atoms with Crippen LogP contribution in [0.3, 0.4) is 0 Å². The normalized spacial score (nSPS) is 10.7. The zero-order chi connectivity index (χ0) is 14.8. The smallest absolute Gasteiger partial charge is 0.305 e. The van der Waals surface area contributed by atoms with Crippen molar-refractivity contribution in [2.75, 3.05) is 5.32 Å². The first kappa shape index (κ1) is 13.6. The van der Waals surface area contributed by atoms with E-state index in [-0.39, 0.29) is 10.8 Å². The molecule has 0 saturated carbocycles. The summed E-state index contributed by atoms with van der Waals surface area (Å²) in [6, 6.07) is 13.2. The molecule has 0 aliphatic heterocycles. The monoisotopic (exact) mass is 298 g/mol. The van der Waals surface area contributed by atoms with Crippen molar-refractivity contribution in [2.45, 2.75) is 13.3 Å². The van der Waals surface area contributed by atoms with E-state index in [1.165, 1.54) is 0 Å². The van der Waals surface area contributed by atoms with E-state index < -0.39 is 0 Å². The number of nitrogens with one attached hydrogen (secondary N) is 2. The molecular formula is C16H14N2O2S. The zero-order valence-electron chi connectivity index (χ0n) is 11.5. The Morgan fingerprint density at radius 1 is 1.24 bits per heavy atom. The number of aryl methyl sites for hydroxylation is 1. The Morgan fingerprint density at radius 2 is 2.05 bits per heavy atom. The predicted molar refractivity (Wildman–Crippen MR) is 86.0 cm³/mol. The van der Waals surface area contributed by atoms with E-state index in [0.717, 1.165) is 32.7 Å². The van der Waals surface area contributed by atoms with Gasteiger partial charge in [-0.25, -0.2) is 0 Å². The highest BCUT2D eigenvalue weighted by Gasteiger charge is 2.07. The van der Waals surface area contributed by atoms with E-state index in [1.807, 2.05) is 37.3 Å². The maximum absolute atomic E-state index is 12.1. The molecule has 0 bridgehead atoms. The lowest BCUT2D eigenvalue weighted by Crippen LogP contribution is -2.14. The molecule has 3 rings (SSSR count). The number of H-pyrrole nitrogens is 1. The van der Waals surface area contributed by atoms with Crippen LogP contribution in [0.25, 0.3) is 10.2 Å². The molecule has 0 atom stereocenters. The number of anilines is 1. The molecule has 1 heterocycles. The van der Waals surface area contributed by atoms with Gasteiger partial charge in [0.1, 0.15) is 0 Å². The summed E-state index contributed by atoms with van der Waals surface area (Å²) in [5.74, 6) is -0.0634. The summed E-state index contributed by atoms with van der Waals surface area (Å²) in [7, 11) is 0. The molecule has 0 saturated heterocycles. The second kappa shape index (κ2) is 5.54. The van der Waals surface area contributed by atoms with Crippen LogP contribution >= 0.6 is 11.3 Å². The summed E-state index contributed by atoms with van der Waals surface area (Å²) in [6.45, 7) is 1.99. The lowest BCUT2D eigenvalue weighted by molar-refractivity contribution is -0.115. The molecule has 2 N–H and O–H groups in total. The average Bonchev–Trinajstić information content (AvgIpc) is 2.80. The highest BCUT2D eigenvalue weighted by molar-refractivity contribution is 7.16. The number of fused-ring (bicyclic) bond motifs is 1. The van der Waals surface area contributed by atoms with E-state index in [9.17, 15) is 9.59 Å². The van der Waals surface area contributed by atoms with Crippen molar-refractivity contribution in [3.05, 3.63) is 63.3 Å². The van der Waals surface area contributed by atoms with Gasteiger partial charge in [0.25, 0.3) is 0 Å². The number of rotatable bonds is 3. The standard InChI is InChI=1S/C16H14N2O2S/c1-10-4-2-3-5-11(10)8-15(19)17-12-6-7-13-14(9-12)21-16(20)18-13/h2-7,9H,8H2,1H3,(H,17,19)(H,18,20). The van der Waals surface area contributed by atoms with Crippen molar-refractivity contribution in [3.63, 3.8) is 0 Å².